The fourth-order valence-corrected chi connectivity index (χ4v) is 4.05. The Hall–Kier alpha value is -3.39. The second-order valence-electron chi connectivity index (χ2n) is 6.80. The van der Waals surface area contributed by atoms with Crippen LogP contribution in [0, 0.1) is 6.92 Å². The predicted molar refractivity (Wildman–Crippen MR) is 118 cm³/mol. The highest BCUT2D eigenvalue weighted by atomic mass is 32.2. The molecule has 0 saturated carbocycles. The molecule has 0 aliphatic rings. The second kappa shape index (κ2) is 8.54. The lowest BCUT2D eigenvalue weighted by molar-refractivity contribution is -0.115. The number of nitrogens with zero attached hydrogens (tertiary/aromatic N) is 4. The number of thioether (sulfide) groups is 1. The lowest BCUT2D eigenvalue weighted by atomic mass is 10.2. The number of fused-ring (bicyclic) bond motifs is 1. The zero-order valence-corrected chi connectivity index (χ0v) is 17.5. The number of amides is 1. The third-order valence-corrected chi connectivity index (χ3v) is 6.11. The summed E-state index contributed by atoms with van der Waals surface area (Å²) in [6, 6.07) is 17.0. The first-order valence-corrected chi connectivity index (χ1v) is 10.5. The first-order valence-electron chi connectivity index (χ1n) is 9.63. The summed E-state index contributed by atoms with van der Waals surface area (Å²) < 4.78 is 3.16. The molecule has 1 amide bonds. The van der Waals surface area contributed by atoms with Crippen molar-refractivity contribution in [1.29, 1.82) is 0 Å². The molecule has 0 fully saturated rings. The predicted octanol–water partition coefficient (Wildman–Crippen LogP) is 3.70. The van der Waals surface area contributed by atoms with Crippen molar-refractivity contribution in [2.45, 2.75) is 30.7 Å². The molecule has 2 aromatic heterocycles. The first-order chi connectivity index (χ1) is 14.6. The van der Waals surface area contributed by atoms with Gasteiger partial charge in [-0.15, -0.1) is 10.2 Å². The number of carbonyl (C=O) groups is 1. The highest BCUT2D eigenvalue weighted by Crippen LogP contribution is 2.25. The van der Waals surface area contributed by atoms with Crippen LogP contribution in [-0.4, -0.2) is 30.3 Å². The monoisotopic (exact) mass is 419 g/mol. The van der Waals surface area contributed by atoms with Crippen molar-refractivity contribution in [1.82, 2.24) is 19.2 Å². The third kappa shape index (κ3) is 3.86. The summed E-state index contributed by atoms with van der Waals surface area (Å²) in [6.07, 6.45) is 4.04. The minimum absolute atomic E-state index is 0.105. The van der Waals surface area contributed by atoms with E-state index in [9.17, 15) is 9.59 Å². The van der Waals surface area contributed by atoms with Crippen LogP contribution in [-0.2, 0) is 4.79 Å². The Kier molecular flexibility index (Phi) is 5.67. The van der Waals surface area contributed by atoms with E-state index in [-0.39, 0.29) is 22.4 Å². The summed E-state index contributed by atoms with van der Waals surface area (Å²) in [5.41, 5.74) is 2.50. The highest BCUT2D eigenvalue weighted by Gasteiger charge is 2.22. The van der Waals surface area contributed by atoms with Crippen molar-refractivity contribution in [3.8, 4) is 5.69 Å². The van der Waals surface area contributed by atoms with Gasteiger partial charge in [0.25, 0.3) is 0 Å². The average Bonchev–Trinajstić information content (AvgIpc) is 3.18. The van der Waals surface area contributed by atoms with E-state index in [4.69, 9.17) is 0 Å². The fraction of sp³-hybridized carbons (Fsp3) is 0.182. The van der Waals surface area contributed by atoms with Gasteiger partial charge < -0.3 is 5.32 Å². The third-order valence-electron chi connectivity index (χ3n) is 4.79. The molecule has 0 aliphatic heterocycles. The Morgan fingerprint density at radius 2 is 1.80 bits per heavy atom. The SMILES string of the molecule is CCC(Sc1nnc2c(=O)n(-c3ccccc3)ccn12)C(=O)Nc1ccccc1C. The number of aromatic nitrogens is 4. The molecule has 0 bridgehead atoms. The molecule has 1 atom stereocenters. The molecule has 8 heteroatoms. The molecule has 152 valence electrons. The molecule has 4 aromatic rings. The van der Waals surface area contributed by atoms with Crippen LogP contribution < -0.4 is 10.9 Å². The Balaban J connectivity index is 1.60. The molecule has 1 N–H and O–H groups in total. The fourth-order valence-electron chi connectivity index (χ4n) is 3.11. The summed E-state index contributed by atoms with van der Waals surface area (Å²) in [5, 5.41) is 11.4. The van der Waals surface area contributed by atoms with Crippen molar-refractivity contribution in [2.24, 2.45) is 0 Å². The van der Waals surface area contributed by atoms with E-state index in [0.29, 0.717) is 11.6 Å². The molecule has 0 spiro atoms. The van der Waals surface area contributed by atoms with Crippen LogP contribution in [0.15, 0.2) is 76.9 Å². The average molecular weight is 420 g/mol. The Labute approximate surface area is 177 Å². The van der Waals surface area contributed by atoms with E-state index in [1.54, 1.807) is 16.8 Å². The van der Waals surface area contributed by atoms with Gasteiger partial charge in [0.2, 0.25) is 11.6 Å². The van der Waals surface area contributed by atoms with Gasteiger partial charge in [-0.3, -0.25) is 18.6 Å². The lowest BCUT2D eigenvalue weighted by Crippen LogP contribution is -2.25. The van der Waals surface area contributed by atoms with Crippen LogP contribution in [0.2, 0.25) is 0 Å². The summed E-state index contributed by atoms with van der Waals surface area (Å²) in [4.78, 5) is 25.7. The summed E-state index contributed by atoms with van der Waals surface area (Å²) in [7, 11) is 0. The molecule has 2 heterocycles. The molecule has 0 aliphatic carbocycles. The summed E-state index contributed by atoms with van der Waals surface area (Å²) >= 11 is 1.30. The Morgan fingerprint density at radius 1 is 1.07 bits per heavy atom. The molecule has 1 unspecified atom stereocenters. The van der Waals surface area contributed by atoms with Gasteiger partial charge in [0.05, 0.1) is 5.25 Å². The minimum Gasteiger partial charge on any atom is -0.325 e. The van der Waals surface area contributed by atoms with Crippen molar-refractivity contribution in [2.75, 3.05) is 5.32 Å². The van der Waals surface area contributed by atoms with Crippen molar-refractivity contribution in [3.63, 3.8) is 0 Å². The topological polar surface area (TPSA) is 81.3 Å². The molecule has 2 aromatic carbocycles. The van der Waals surface area contributed by atoms with E-state index >= 15 is 0 Å². The number of aryl methyl sites for hydroxylation is 1. The van der Waals surface area contributed by atoms with Gasteiger partial charge >= 0.3 is 5.56 Å². The van der Waals surface area contributed by atoms with Crippen LogP contribution >= 0.6 is 11.8 Å². The van der Waals surface area contributed by atoms with Crippen LogP contribution in [0.4, 0.5) is 5.69 Å². The maximum atomic E-state index is 12.9. The van der Waals surface area contributed by atoms with E-state index in [1.807, 2.05) is 68.4 Å². The van der Waals surface area contributed by atoms with Crippen LogP contribution in [0.3, 0.4) is 0 Å². The zero-order valence-electron chi connectivity index (χ0n) is 16.6. The summed E-state index contributed by atoms with van der Waals surface area (Å²) in [5.74, 6) is -0.105. The van der Waals surface area contributed by atoms with Crippen LogP contribution in [0.5, 0.6) is 0 Å². The number of hydrogen-bond donors (Lipinski definition) is 1. The number of para-hydroxylation sites is 2. The maximum absolute atomic E-state index is 12.9. The molecule has 0 radical (unpaired) electrons. The largest absolute Gasteiger partial charge is 0.325 e. The zero-order chi connectivity index (χ0) is 21.1. The lowest BCUT2D eigenvalue weighted by Gasteiger charge is -2.15. The van der Waals surface area contributed by atoms with E-state index in [2.05, 4.69) is 15.5 Å². The molecule has 4 rings (SSSR count). The quantitative estimate of drug-likeness (QED) is 0.482. The summed E-state index contributed by atoms with van der Waals surface area (Å²) in [6.45, 7) is 3.90. The van der Waals surface area contributed by atoms with E-state index in [1.165, 1.54) is 16.3 Å². The van der Waals surface area contributed by atoms with Crippen LogP contribution in [0.1, 0.15) is 18.9 Å². The highest BCUT2D eigenvalue weighted by molar-refractivity contribution is 8.00. The number of anilines is 1. The van der Waals surface area contributed by atoms with Gasteiger partial charge in [0, 0.05) is 23.8 Å². The standard InChI is InChI=1S/C22H21N5O2S/c1-3-18(20(28)23-17-12-8-7-9-15(17)2)30-22-25-24-19-21(29)26(13-14-27(19)22)16-10-5-4-6-11-16/h4-14,18H,3H2,1-2H3,(H,23,28). The number of nitrogens with one attached hydrogen (secondary N) is 1. The Bertz CT molecular complexity index is 1250. The second-order valence-corrected chi connectivity index (χ2v) is 7.97. The van der Waals surface area contributed by atoms with Crippen LogP contribution in [0.25, 0.3) is 11.3 Å². The van der Waals surface area contributed by atoms with Crippen molar-refractivity contribution < 1.29 is 4.79 Å². The number of benzene rings is 2. The van der Waals surface area contributed by atoms with Crippen molar-refractivity contribution >= 4 is 29.0 Å². The van der Waals surface area contributed by atoms with Gasteiger partial charge in [-0.1, -0.05) is 55.1 Å². The number of carbonyl (C=O) groups excluding carboxylic acids is 1. The van der Waals surface area contributed by atoms with E-state index < -0.39 is 0 Å². The molecular formula is C22H21N5O2S. The maximum Gasteiger partial charge on any atom is 0.300 e. The first kappa shape index (κ1) is 19.9. The minimum atomic E-state index is -0.367. The molecular weight excluding hydrogens is 398 g/mol. The number of hydrogen-bond acceptors (Lipinski definition) is 5. The van der Waals surface area contributed by atoms with Gasteiger partial charge in [0.15, 0.2) is 5.16 Å². The van der Waals surface area contributed by atoms with Gasteiger partial charge in [0.1, 0.15) is 0 Å². The number of rotatable bonds is 6. The normalized spacial score (nSPS) is 12.1. The van der Waals surface area contributed by atoms with Crippen molar-refractivity contribution in [3.05, 3.63) is 82.9 Å². The Morgan fingerprint density at radius 3 is 2.53 bits per heavy atom. The molecule has 0 saturated heterocycles. The molecule has 7 nitrogen and oxygen atoms in total. The van der Waals surface area contributed by atoms with Gasteiger partial charge in [-0.25, -0.2) is 0 Å². The molecule has 30 heavy (non-hydrogen) atoms. The van der Waals surface area contributed by atoms with E-state index in [0.717, 1.165) is 16.9 Å². The smallest absolute Gasteiger partial charge is 0.300 e. The van der Waals surface area contributed by atoms with Gasteiger partial charge in [-0.05, 0) is 37.1 Å². The van der Waals surface area contributed by atoms with Gasteiger partial charge in [-0.2, -0.15) is 0 Å².